The third kappa shape index (κ3) is 3.01. The molecule has 0 heterocycles. The van der Waals surface area contributed by atoms with Crippen molar-refractivity contribution in [2.45, 2.75) is 60.6 Å². The third-order valence-corrected chi connectivity index (χ3v) is 5.39. The second-order valence-electron chi connectivity index (χ2n) is 6.29. The molecular weight excluding hydrogens is 220 g/mol. The highest BCUT2D eigenvalue weighted by molar-refractivity contribution is 6.65. The van der Waals surface area contributed by atoms with E-state index in [0.717, 1.165) is 0 Å². The van der Waals surface area contributed by atoms with Gasteiger partial charge in [-0.15, -0.1) is 0 Å². The van der Waals surface area contributed by atoms with Crippen molar-refractivity contribution in [2.24, 2.45) is 5.41 Å². The summed E-state index contributed by atoms with van der Waals surface area (Å²) in [4.78, 5) is 0. The Morgan fingerprint density at radius 1 is 1.06 bits per heavy atom. The van der Waals surface area contributed by atoms with Gasteiger partial charge in [-0.05, 0) is 29.4 Å². The molecule has 0 saturated carbocycles. The standard InChI is InChI=1S/C16H28Si/c1-8-12(9-2)13-10-11-14(16(3,4)5)15(13)17(6)7/h10-11,17H,8-9H2,1-7H3. The molecule has 1 aliphatic rings. The van der Waals surface area contributed by atoms with E-state index in [4.69, 9.17) is 0 Å². The first kappa shape index (κ1) is 14.5. The maximum atomic E-state index is 2.46. The molecule has 0 aromatic heterocycles. The minimum atomic E-state index is -0.763. The molecule has 0 unspecified atom stereocenters. The van der Waals surface area contributed by atoms with Gasteiger partial charge < -0.3 is 0 Å². The monoisotopic (exact) mass is 248 g/mol. The maximum absolute atomic E-state index is 2.46. The summed E-state index contributed by atoms with van der Waals surface area (Å²) in [5, 5.41) is 1.72. The Balaban J connectivity index is 3.37. The molecule has 1 aliphatic carbocycles. The summed E-state index contributed by atoms with van der Waals surface area (Å²) < 4.78 is 0. The van der Waals surface area contributed by atoms with Gasteiger partial charge in [-0.2, -0.15) is 0 Å². The van der Waals surface area contributed by atoms with Crippen LogP contribution >= 0.6 is 0 Å². The van der Waals surface area contributed by atoms with Crippen LogP contribution in [0, 0.1) is 5.41 Å². The first-order chi connectivity index (χ1) is 7.82. The van der Waals surface area contributed by atoms with Crippen molar-refractivity contribution in [2.75, 3.05) is 0 Å². The number of hydrogen-bond donors (Lipinski definition) is 0. The second-order valence-corrected chi connectivity index (χ2v) is 9.18. The van der Waals surface area contributed by atoms with Gasteiger partial charge in [-0.1, -0.05) is 70.6 Å². The largest absolute Gasteiger partial charge is 0.0682 e. The van der Waals surface area contributed by atoms with Crippen LogP contribution in [0.1, 0.15) is 47.5 Å². The summed E-state index contributed by atoms with van der Waals surface area (Å²) >= 11 is 0. The quantitative estimate of drug-likeness (QED) is 0.614. The average molecular weight is 248 g/mol. The van der Waals surface area contributed by atoms with E-state index >= 15 is 0 Å². The minimum absolute atomic E-state index is 0.289. The van der Waals surface area contributed by atoms with E-state index in [1.165, 1.54) is 12.8 Å². The fourth-order valence-electron chi connectivity index (χ4n) is 2.71. The second kappa shape index (κ2) is 5.39. The molecule has 0 spiro atoms. The average Bonchev–Trinajstić information content (AvgIpc) is 2.63. The topological polar surface area (TPSA) is 0 Å². The van der Waals surface area contributed by atoms with Crippen LogP contribution in [0.2, 0.25) is 13.1 Å². The molecule has 0 aromatic carbocycles. The van der Waals surface area contributed by atoms with E-state index in [2.05, 4.69) is 59.9 Å². The molecule has 0 nitrogen and oxygen atoms in total. The fraction of sp³-hybridized carbons (Fsp3) is 0.625. The summed E-state index contributed by atoms with van der Waals surface area (Å²) in [7, 11) is -0.763. The SMILES string of the molecule is CCC(CC)=C1C=CC(C(C)(C)C)=C1[SiH](C)C. The Morgan fingerprint density at radius 3 is 1.94 bits per heavy atom. The van der Waals surface area contributed by atoms with Gasteiger partial charge in [0.25, 0.3) is 0 Å². The Kier molecular flexibility index (Phi) is 4.59. The van der Waals surface area contributed by atoms with Gasteiger partial charge in [-0.25, -0.2) is 0 Å². The van der Waals surface area contributed by atoms with Crippen LogP contribution in [-0.2, 0) is 0 Å². The van der Waals surface area contributed by atoms with Gasteiger partial charge in [0.2, 0.25) is 0 Å². The van der Waals surface area contributed by atoms with Crippen molar-refractivity contribution in [3.8, 4) is 0 Å². The lowest BCUT2D eigenvalue weighted by Gasteiger charge is -2.24. The molecule has 17 heavy (non-hydrogen) atoms. The zero-order valence-electron chi connectivity index (χ0n) is 12.6. The van der Waals surface area contributed by atoms with Gasteiger partial charge in [-0.3, -0.25) is 0 Å². The molecule has 0 bridgehead atoms. The van der Waals surface area contributed by atoms with Crippen LogP contribution in [0.25, 0.3) is 0 Å². The molecule has 0 radical (unpaired) electrons. The van der Waals surface area contributed by atoms with Crippen LogP contribution in [0.4, 0.5) is 0 Å². The van der Waals surface area contributed by atoms with Crippen molar-refractivity contribution in [3.05, 3.63) is 34.1 Å². The summed E-state index contributed by atoms with van der Waals surface area (Å²) in [6, 6.07) is 0. The Morgan fingerprint density at radius 2 is 1.59 bits per heavy atom. The molecule has 1 heteroatoms. The molecule has 0 fully saturated rings. The van der Waals surface area contributed by atoms with E-state index in [0.29, 0.717) is 0 Å². The fourth-order valence-corrected chi connectivity index (χ4v) is 4.78. The molecule has 0 atom stereocenters. The maximum Gasteiger partial charge on any atom is 0.0659 e. The highest BCUT2D eigenvalue weighted by Crippen LogP contribution is 2.40. The lowest BCUT2D eigenvalue weighted by Crippen LogP contribution is -2.16. The Labute approximate surface area is 109 Å². The first-order valence-electron chi connectivity index (χ1n) is 6.98. The van der Waals surface area contributed by atoms with Crippen molar-refractivity contribution in [1.29, 1.82) is 0 Å². The van der Waals surface area contributed by atoms with E-state index in [1.807, 2.05) is 0 Å². The van der Waals surface area contributed by atoms with E-state index in [-0.39, 0.29) is 5.41 Å². The van der Waals surface area contributed by atoms with Crippen LogP contribution in [0.15, 0.2) is 34.1 Å². The van der Waals surface area contributed by atoms with Gasteiger partial charge in [0, 0.05) is 0 Å². The van der Waals surface area contributed by atoms with Crippen molar-refractivity contribution >= 4 is 8.80 Å². The molecular formula is C16H28Si. The smallest absolute Gasteiger partial charge is 0.0659 e. The lowest BCUT2D eigenvalue weighted by molar-refractivity contribution is 0.517. The normalized spacial score (nSPS) is 16.4. The summed E-state index contributed by atoms with van der Waals surface area (Å²) in [6.45, 7) is 16.5. The van der Waals surface area contributed by atoms with Crippen molar-refractivity contribution < 1.29 is 0 Å². The highest BCUT2D eigenvalue weighted by atomic mass is 28.3. The van der Waals surface area contributed by atoms with Crippen LogP contribution in [0.5, 0.6) is 0 Å². The molecule has 0 aliphatic heterocycles. The molecule has 1 rings (SSSR count). The summed E-state index contributed by atoms with van der Waals surface area (Å²) in [5.41, 5.74) is 5.10. The lowest BCUT2D eigenvalue weighted by atomic mass is 9.87. The zero-order valence-corrected chi connectivity index (χ0v) is 13.8. The van der Waals surface area contributed by atoms with Crippen molar-refractivity contribution in [1.82, 2.24) is 0 Å². The minimum Gasteiger partial charge on any atom is -0.0682 e. The highest BCUT2D eigenvalue weighted by Gasteiger charge is 2.27. The van der Waals surface area contributed by atoms with E-state index in [9.17, 15) is 0 Å². The first-order valence-corrected chi connectivity index (χ1v) is 9.86. The molecule has 96 valence electrons. The summed E-state index contributed by atoms with van der Waals surface area (Å²) in [5.74, 6) is 0. The molecule has 0 saturated heterocycles. The van der Waals surface area contributed by atoms with E-state index in [1.54, 1.807) is 21.9 Å². The number of rotatable bonds is 3. The van der Waals surface area contributed by atoms with Gasteiger partial charge in [0.15, 0.2) is 0 Å². The van der Waals surface area contributed by atoms with Crippen LogP contribution in [0.3, 0.4) is 0 Å². The molecule has 0 N–H and O–H groups in total. The predicted molar refractivity (Wildman–Crippen MR) is 82.1 cm³/mol. The summed E-state index contributed by atoms with van der Waals surface area (Å²) in [6.07, 6.45) is 7.14. The Hall–Kier alpha value is -0.563. The van der Waals surface area contributed by atoms with Crippen LogP contribution < -0.4 is 0 Å². The molecule has 0 aromatic rings. The van der Waals surface area contributed by atoms with E-state index < -0.39 is 8.80 Å². The van der Waals surface area contributed by atoms with Gasteiger partial charge in [0.05, 0.1) is 8.80 Å². The number of allylic oxidation sites excluding steroid dienone is 6. The third-order valence-electron chi connectivity index (χ3n) is 3.62. The van der Waals surface area contributed by atoms with Crippen molar-refractivity contribution in [3.63, 3.8) is 0 Å². The van der Waals surface area contributed by atoms with Gasteiger partial charge >= 0.3 is 0 Å². The zero-order chi connectivity index (χ0) is 13.2. The number of hydrogen-bond acceptors (Lipinski definition) is 0. The predicted octanol–water partition coefficient (Wildman–Crippen LogP) is 5.04. The molecule has 0 amide bonds. The van der Waals surface area contributed by atoms with Crippen LogP contribution in [-0.4, -0.2) is 8.80 Å². The Bertz CT molecular complexity index is 367. The van der Waals surface area contributed by atoms with Gasteiger partial charge in [0.1, 0.15) is 0 Å².